The monoisotopic (exact) mass is 511 g/mol. The molecule has 0 aliphatic carbocycles. The molecule has 0 radical (unpaired) electrons. The van der Waals surface area contributed by atoms with Crippen LogP contribution in [0.25, 0.3) is 11.1 Å². The van der Waals surface area contributed by atoms with Crippen molar-refractivity contribution in [3.63, 3.8) is 0 Å². The molecule has 4 rings (SSSR count). The van der Waals surface area contributed by atoms with E-state index in [1.807, 2.05) is 42.5 Å². The Morgan fingerprint density at radius 2 is 1.63 bits per heavy atom. The van der Waals surface area contributed by atoms with Crippen LogP contribution in [0.5, 0.6) is 11.5 Å². The number of ether oxygens (including phenoxy) is 2. The van der Waals surface area contributed by atoms with E-state index >= 15 is 0 Å². The minimum absolute atomic E-state index is 0.0184. The van der Waals surface area contributed by atoms with Gasteiger partial charge < -0.3 is 14.8 Å². The van der Waals surface area contributed by atoms with Crippen LogP contribution in [0.4, 0.5) is 4.39 Å². The van der Waals surface area contributed by atoms with E-state index < -0.39 is 0 Å². The molecule has 38 heavy (non-hydrogen) atoms. The normalized spacial score (nSPS) is 10.7. The number of benzene rings is 4. The van der Waals surface area contributed by atoms with Gasteiger partial charge in [0.05, 0.1) is 0 Å². The summed E-state index contributed by atoms with van der Waals surface area (Å²) in [7, 11) is 0. The average molecular weight is 512 g/mol. The van der Waals surface area contributed by atoms with Gasteiger partial charge in [-0.3, -0.25) is 4.79 Å². The van der Waals surface area contributed by atoms with Crippen LogP contribution in [0.2, 0.25) is 0 Å². The van der Waals surface area contributed by atoms with Crippen molar-refractivity contribution in [2.24, 2.45) is 0 Å². The maximum atomic E-state index is 13.7. The van der Waals surface area contributed by atoms with Crippen LogP contribution in [-0.4, -0.2) is 12.5 Å². The second kappa shape index (κ2) is 13.4. The standard InChI is InChI=1S/C33H34FNO3/c1-24-29(14-9-16-32(24)27-11-4-3-5-12-27)23-37-31-18-17-28(13-6-7-19-35-25(2)36)33(21-31)38-22-26-10-8-15-30(34)20-26/h3-5,8-12,14-18,20-21H,6-7,13,19,22-23H2,1-2H3,(H,35,36). The highest BCUT2D eigenvalue weighted by Gasteiger charge is 2.10. The number of rotatable bonds is 12. The van der Waals surface area contributed by atoms with Crippen LogP contribution < -0.4 is 14.8 Å². The fraction of sp³-hybridized carbons (Fsp3) is 0.242. The average Bonchev–Trinajstić information content (AvgIpc) is 2.92. The van der Waals surface area contributed by atoms with Gasteiger partial charge in [0.2, 0.25) is 5.91 Å². The Morgan fingerprint density at radius 3 is 2.42 bits per heavy atom. The van der Waals surface area contributed by atoms with E-state index in [0.717, 1.165) is 41.7 Å². The molecule has 4 aromatic rings. The highest BCUT2D eigenvalue weighted by atomic mass is 19.1. The number of halogens is 1. The lowest BCUT2D eigenvalue weighted by atomic mass is 9.97. The Kier molecular flexibility index (Phi) is 9.52. The first-order chi connectivity index (χ1) is 18.5. The molecule has 1 amide bonds. The number of carbonyl (C=O) groups excluding carboxylic acids is 1. The molecule has 0 bridgehead atoms. The van der Waals surface area contributed by atoms with E-state index in [2.05, 4.69) is 42.6 Å². The fourth-order valence-corrected chi connectivity index (χ4v) is 4.39. The van der Waals surface area contributed by atoms with Crippen LogP contribution >= 0.6 is 0 Å². The van der Waals surface area contributed by atoms with Crippen LogP contribution in [0, 0.1) is 12.7 Å². The summed E-state index contributed by atoms with van der Waals surface area (Å²) in [5.41, 5.74) is 6.51. The van der Waals surface area contributed by atoms with Crippen molar-refractivity contribution in [3.05, 3.63) is 119 Å². The zero-order valence-corrected chi connectivity index (χ0v) is 22.0. The van der Waals surface area contributed by atoms with Gasteiger partial charge in [0.25, 0.3) is 0 Å². The molecule has 4 aromatic carbocycles. The van der Waals surface area contributed by atoms with E-state index in [1.54, 1.807) is 6.07 Å². The predicted octanol–water partition coefficient (Wildman–Crippen LogP) is 7.42. The molecule has 196 valence electrons. The zero-order chi connectivity index (χ0) is 26.7. The predicted molar refractivity (Wildman–Crippen MR) is 150 cm³/mol. The number of nitrogens with one attached hydrogen (secondary N) is 1. The van der Waals surface area contributed by atoms with Crippen molar-refractivity contribution in [1.29, 1.82) is 0 Å². The molecule has 0 heterocycles. The SMILES string of the molecule is CC(=O)NCCCCc1ccc(OCc2cccc(-c3ccccc3)c2C)cc1OCc1cccc(F)c1. The lowest BCUT2D eigenvalue weighted by Crippen LogP contribution is -2.20. The Morgan fingerprint density at radius 1 is 0.816 bits per heavy atom. The molecule has 4 nitrogen and oxygen atoms in total. The van der Waals surface area contributed by atoms with Crippen molar-refractivity contribution in [3.8, 4) is 22.6 Å². The van der Waals surface area contributed by atoms with E-state index in [9.17, 15) is 9.18 Å². The molecule has 0 unspecified atom stereocenters. The highest BCUT2D eigenvalue weighted by Crippen LogP contribution is 2.30. The first-order valence-corrected chi connectivity index (χ1v) is 13.0. The first kappa shape index (κ1) is 26.9. The summed E-state index contributed by atoms with van der Waals surface area (Å²) in [5.74, 6) is 1.14. The quantitative estimate of drug-likeness (QED) is 0.201. The Hall–Kier alpha value is -4.12. The third-order valence-electron chi connectivity index (χ3n) is 6.49. The van der Waals surface area contributed by atoms with E-state index in [0.29, 0.717) is 18.9 Å². The summed E-state index contributed by atoms with van der Waals surface area (Å²) in [6.07, 6.45) is 2.58. The Labute approximate surface area is 224 Å². The summed E-state index contributed by atoms with van der Waals surface area (Å²) in [6.45, 7) is 5.00. The summed E-state index contributed by atoms with van der Waals surface area (Å²) < 4.78 is 26.0. The molecule has 0 aromatic heterocycles. The number of amides is 1. The largest absolute Gasteiger partial charge is 0.489 e. The third-order valence-corrected chi connectivity index (χ3v) is 6.49. The molecular weight excluding hydrogens is 477 g/mol. The van der Waals surface area contributed by atoms with E-state index in [4.69, 9.17) is 9.47 Å². The van der Waals surface area contributed by atoms with Gasteiger partial charge in [-0.1, -0.05) is 66.7 Å². The zero-order valence-electron chi connectivity index (χ0n) is 22.0. The van der Waals surface area contributed by atoms with E-state index in [-0.39, 0.29) is 18.3 Å². The minimum Gasteiger partial charge on any atom is -0.489 e. The number of aryl methyl sites for hydroxylation is 1. The smallest absolute Gasteiger partial charge is 0.216 e. The summed E-state index contributed by atoms with van der Waals surface area (Å²) in [4.78, 5) is 11.1. The van der Waals surface area contributed by atoms with Gasteiger partial charge >= 0.3 is 0 Å². The molecule has 0 saturated carbocycles. The van der Waals surface area contributed by atoms with Gasteiger partial charge in [0.1, 0.15) is 30.5 Å². The van der Waals surface area contributed by atoms with Gasteiger partial charge in [-0.05, 0) is 77.8 Å². The molecule has 0 atom stereocenters. The van der Waals surface area contributed by atoms with Crippen molar-refractivity contribution in [1.82, 2.24) is 5.32 Å². The van der Waals surface area contributed by atoms with Crippen molar-refractivity contribution >= 4 is 5.91 Å². The number of hydrogen-bond acceptors (Lipinski definition) is 3. The van der Waals surface area contributed by atoms with Crippen LogP contribution in [0.3, 0.4) is 0 Å². The number of carbonyl (C=O) groups is 1. The molecule has 1 N–H and O–H groups in total. The molecule has 0 fully saturated rings. The maximum absolute atomic E-state index is 13.7. The molecule has 0 aliphatic heterocycles. The second-order valence-electron chi connectivity index (χ2n) is 9.37. The summed E-state index contributed by atoms with van der Waals surface area (Å²) in [5, 5.41) is 2.83. The molecule has 5 heteroatoms. The fourth-order valence-electron chi connectivity index (χ4n) is 4.39. The topological polar surface area (TPSA) is 47.6 Å². The first-order valence-electron chi connectivity index (χ1n) is 13.0. The van der Waals surface area contributed by atoms with Crippen molar-refractivity contribution in [2.45, 2.75) is 46.3 Å². The summed E-state index contributed by atoms with van der Waals surface area (Å²) in [6, 6.07) is 29.0. The Bertz CT molecular complexity index is 1350. The highest BCUT2D eigenvalue weighted by molar-refractivity contribution is 5.72. The van der Waals surface area contributed by atoms with Gasteiger partial charge in [-0.25, -0.2) is 4.39 Å². The van der Waals surface area contributed by atoms with E-state index in [1.165, 1.54) is 35.7 Å². The molecular formula is C33H34FNO3. The van der Waals surface area contributed by atoms with Gasteiger partial charge in [0.15, 0.2) is 0 Å². The van der Waals surface area contributed by atoms with Crippen LogP contribution in [-0.2, 0) is 24.4 Å². The van der Waals surface area contributed by atoms with Gasteiger partial charge in [-0.2, -0.15) is 0 Å². The lowest BCUT2D eigenvalue weighted by molar-refractivity contribution is -0.118. The van der Waals surface area contributed by atoms with Crippen LogP contribution in [0.1, 0.15) is 42.0 Å². The molecule has 0 spiro atoms. The van der Waals surface area contributed by atoms with Crippen LogP contribution in [0.15, 0.2) is 91.0 Å². The van der Waals surface area contributed by atoms with Crippen molar-refractivity contribution < 1.29 is 18.7 Å². The number of unbranched alkanes of at least 4 members (excludes halogenated alkanes) is 1. The Balaban J connectivity index is 1.47. The van der Waals surface area contributed by atoms with Gasteiger partial charge in [-0.15, -0.1) is 0 Å². The maximum Gasteiger partial charge on any atom is 0.216 e. The summed E-state index contributed by atoms with van der Waals surface area (Å²) >= 11 is 0. The lowest BCUT2D eigenvalue weighted by Gasteiger charge is -2.16. The van der Waals surface area contributed by atoms with Gasteiger partial charge in [0, 0.05) is 19.5 Å². The third kappa shape index (κ3) is 7.69. The molecule has 0 saturated heterocycles. The molecule has 0 aliphatic rings. The minimum atomic E-state index is -0.283. The second-order valence-corrected chi connectivity index (χ2v) is 9.37. The van der Waals surface area contributed by atoms with Crippen molar-refractivity contribution in [2.75, 3.05) is 6.54 Å². The number of hydrogen-bond donors (Lipinski definition) is 1.